The molecule has 0 fully saturated rings. The van der Waals surface area contributed by atoms with Crippen LogP contribution in [0.5, 0.6) is 5.75 Å². The molecule has 8 heteroatoms. The van der Waals surface area contributed by atoms with E-state index < -0.39 is 0 Å². The number of carbonyl (C=O) groups excluding carboxylic acids is 1. The maximum atomic E-state index is 12.7. The van der Waals surface area contributed by atoms with Crippen molar-refractivity contribution in [3.05, 3.63) is 95.7 Å². The highest BCUT2D eigenvalue weighted by molar-refractivity contribution is 6.02. The molecule has 8 nitrogen and oxygen atoms in total. The van der Waals surface area contributed by atoms with Crippen molar-refractivity contribution in [2.45, 2.75) is 20.5 Å². The maximum Gasteiger partial charge on any atom is 0.291 e. The number of tetrazole rings is 1. The molecular formula is C25H21N5O3. The van der Waals surface area contributed by atoms with Crippen LogP contribution in [0.1, 0.15) is 27.7 Å². The number of anilines is 1. The van der Waals surface area contributed by atoms with Gasteiger partial charge in [-0.1, -0.05) is 36.4 Å². The van der Waals surface area contributed by atoms with Crippen LogP contribution in [0.15, 0.2) is 77.2 Å². The molecule has 0 atom stereocenters. The van der Waals surface area contributed by atoms with E-state index in [1.165, 1.54) is 0 Å². The van der Waals surface area contributed by atoms with E-state index in [2.05, 4.69) is 26.9 Å². The van der Waals surface area contributed by atoms with Crippen molar-refractivity contribution in [3.8, 4) is 11.4 Å². The van der Waals surface area contributed by atoms with E-state index in [9.17, 15) is 4.79 Å². The molecule has 5 aromatic rings. The Morgan fingerprint density at radius 3 is 2.67 bits per heavy atom. The minimum atomic E-state index is -0.352. The van der Waals surface area contributed by atoms with E-state index in [4.69, 9.17) is 9.15 Å². The number of aryl methyl sites for hydroxylation is 2. The molecule has 0 unspecified atom stereocenters. The lowest BCUT2D eigenvalue weighted by molar-refractivity contribution is 0.0992. The van der Waals surface area contributed by atoms with Gasteiger partial charge >= 0.3 is 0 Å². The van der Waals surface area contributed by atoms with Crippen LogP contribution in [0.25, 0.3) is 16.5 Å². The topological polar surface area (TPSA) is 95.1 Å². The van der Waals surface area contributed by atoms with Gasteiger partial charge in [0, 0.05) is 5.69 Å². The van der Waals surface area contributed by atoms with Crippen molar-refractivity contribution in [3.63, 3.8) is 0 Å². The Labute approximate surface area is 189 Å². The second kappa shape index (κ2) is 8.58. The number of nitrogens with one attached hydrogen (secondary N) is 1. The van der Waals surface area contributed by atoms with Gasteiger partial charge in [0.15, 0.2) is 11.6 Å². The van der Waals surface area contributed by atoms with Crippen LogP contribution in [0, 0.1) is 13.8 Å². The molecule has 0 radical (unpaired) electrons. The molecule has 0 saturated heterocycles. The molecule has 164 valence electrons. The van der Waals surface area contributed by atoms with Crippen LogP contribution in [-0.2, 0) is 6.61 Å². The molecule has 0 bridgehead atoms. The van der Waals surface area contributed by atoms with Crippen LogP contribution in [0.3, 0.4) is 0 Å². The van der Waals surface area contributed by atoms with Crippen molar-refractivity contribution >= 4 is 22.4 Å². The third-order valence-electron chi connectivity index (χ3n) is 5.31. The summed E-state index contributed by atoms with van der Waals surface area (Å²) in [7, 11) is 0. The first-order chi connectivity index (χ1) is 16.1. The van der Waals surface area contributed by atoms with Crippen LogP contribution < -0.4 is 10.1 Å². The molecule has 2 heterocycles. The Morgan fingerprint density at radius 2 is 1.85 bits per heavy atom. The van der Waals surface area contributed by atoms with Gasteiger partial charge in [-0.2, -0.15) is 4.68 Å². The number of fused-ring (bicyclic) bond motifs is 1. The average Bonchev–Trinajstić information content (AvgIpc) is 3.48. The van der Waals surface area contributed by atoms with Gasteiger partial charge < -0.3 is 14.5 Å². The second-order valence-electron chi connectivity index (χ2n) is 7.66. The number of ether oxygens (including phenoxy) is 1. The van der Waals surface area contributed by atoms with Crippen LogP contribution in [0.4, 0.5) is 5.69 Å². The van der Waals surface area contributed by atoms with Crippen LogP contribution in [0.2, 0.25) is 0 Å². The van der Waals surface area contributed by atoms with Crippen molar-refractivity contribution in [2.75, 3.05) is 5.32 Å². The monoisotopic (exact) mass is 439 g/mol. The highest BCUT2D eigenvalue weighted by atomic mass is 16.5. The molecule has 0 spiro atoms. The van der Waals surface area contributed by atoms with Gasteiger partial charge in [-0.25, -0.2) is 0 Å². The molecule has 2 aromatic heterocycles. The molecule has 0 saturated carbocycles. The number of furan rings is 1. The summed E-state index contributed by atoms with van der Waals surface area (Å²) < 4.78 is 13.2. The smallest absolute Gasteiger partial charge is 0.291 e. The van der Waals surface area contributed by atoms with Gasteiger partial charge in [-0.15, -0.1) is 5.10 Å². The largest absolute Gasteiger partial charge is 0.486 e. The highest BCUT2D eigenvalue weighted by Gasteiger charge is 2.14. The summed E-state index contributed by atoms with van der Waals surface area (Å²) >= 11 is 0. The molecule has 0 aliphatic heterocycles. The summed E-state index contributed by atoms with van der Waals surface area (Å²) in [4.78, 5) is 12.7. The first kappa shape index (κ1) is 20.4. The van der Waals surface area contributed by atoms with Gasteiger partial charge in [-0.05, 0) is 77.0 Å². The van der Waals surface area contributed by atoms with Gasteiger partial charge in [0.25, 0.3) is 5.91 Å². The second-order valence-corrected chi connectivity index (χ2v) is 7.66. The first-order valence-corrected chi connectivity index (χ1v) is 10.4. The van der Waals surface area contributed by atoms with Crippen molar-refractivity contribution < 1.29 is 13.9 Å². The van der Waals surface area contributed by atoms with Crippen molar-refractivity contribution in [1.82, 2.24) is 20.2 Å². The molecule has 3 aromatic carbocycles. The van der Waals surface area contributed by atoms with E-state index in [0.29, 0.717) is 17.3 Å². The summed E-state index contributed by atoms with van der Waals surface area (Å²) in [6, 6.07) is 22.9. The summed E-state index contributed by atoms with van der Waals surface area (Å²) in [5, 5.41) is 16.7. The van der Waals surface area contributed by atoms with Gasteiger partial charge in [-0.3, -0.25) is 4.79 Å². The first-order valence-electron chi connectivity index (χ1n) is 10.4. The predicted molar refractivity (Wildman–Crippen MR) is 124 cm³/mol. The fourth-order valence-electron chi connectivity index (χ4n) is 3.55. The summed E-state index contributed by atoms with van der Waals surface area (Å²) in [5.41, 5.74) is 2.38. The van der Waals surface area contributed by atoms with Gasteiger partial charge in [0.05, 0.1) is 5.69 Å². The Bertz CT molecular complexity index is 1450. The zero-order valence-electron chi connectivity index (χ0n) is 18.1. The number of rotatable bonds is 6. The predicted octanol–water partition coefficient (Wildman–Crippen LogP) is 4.86. The molecule has 0 aliphatic rings. The van der Waals surface area contributed by atoms with E-state index in [1.807, 2.05) is 68.4 Å². The summed E-state index contributed by atoms with van der Waals surface area (Å²) in [6.07, 6.45) is 0. The maximum absolute atomic E-state index is 12.7. The number of benzene rings is 3. The lowest BCUT2D eigenvalue weighted by Gasteiger charge is -2.10. The minimum Gasteiger partial charge on any atom is -0.486 e. The van der Waals surface area contributed by atoms with Crippen LogP contribution >= 0.6 is 0 Å². The third-order valence-corrected chi connectivity index (χ3v) is 5.31. The number of hydrogen-bond donors (Lipinski definition) is 1. The quantitative estimate of drug-likeness (QED) is 0.406. The van der Waals surface area contributed by atoms with Crippen LogP contribution in [-0.4, -0.2) is 26.1 Å². The van der Waals surface area contributed by atoms with E-state index in [0.717, 1.165) is 27.8 Å². The van der Waals surface area contributed by atoms with Crippen molar-refractivity contribution in [2.24, 2.45) is 0 Å². The molecule has 1 N–H and O–H groups in total. The standard InChI is InChI=1S/C25H21N5O3/c1-16-7-9-20(14-23(16)30-17(2)27-28-29-30)26-25(31)24-12-11-22(33-24)15-32-21-10-8-18-5-3-4-6-19(18)13-21/h3-14H,15H2,1-2H3,(H,26,31). The highest BCUT2D eigenvalue weighted by Crippen LogP contribution is 2.23. The number of carbonyl (C=O) groups is 1. The van der Waals surface area contributed by atoms with Crippen molar-refractivity contribution in [1.29, 1.82) is 0 Å². The fraction of sp³-hybridized carbons (Fsp3) is 0.120. The number of aromatic nitrogens is 4. The fourth-order valence-corrected chi connectivity index (χ4v) is 3.55. The molecule has 5 rings (SSSR count). The Hall–Kier alpha value is -4.46. The zero-order valence-corrected chi connectivity index (χ0v) is 18.1. The lowest BCUT2D eigenvalue weighted by atomic mass is 10.1. The number of amides is 1. The minimum absolute atomic E-state index is 0.202. The lowest BCUT2D eigenvalue weighted by Crippen LogP contribution is -2.12. The number of hydrogen-bond acceptors (Lipinski definition) is 6. The molecule has 0 aliphatic carbocycles. The third kappa shape index (κ3) is 4.31. The molecular weight excluding hydrogens is 418 g/mol. The zero-order chi connectivity index (χ0) is 22.8. The number of nitrogens with zero attached hydrogens (tertiary/aromatic N) is 4. The molecule has 33 heavy (non-hydrogen) atoms. The SMILES string of the molecule is Cc1ccc(NC(=O)c2ccc(COc3ccc4ccccc4c3)o2)cc1-n1nnnc1C. The summed E-state index contributed by atoms with van der Waals surface area (Å²) in [5.74, 6) is 1.80. The Kier molecular flexibility index (Phi) is 5.32. The van der Waals surface area contributed by atoms with Gasteiger partial charge in [0.2, 0.25) is 0 Å². The Balaban J connectivity index is 1.26. The normalized spacial score (nSPS) is 11.0. The average molecular weight is 439 g/mol. The van der Waals surface area contributed by atoms with Gasteiger partial charge in [0.1, 0.15) is 18.1 Å². The Morgan fingerprint density at radius 1 is 1.00 bits per heavy atom. The summed E-state index contributed by atoms with van der Waals surface area (Å²) in [6.45, 7) is 3.99. The van der Waals surface area contributed by atoms with E-state index in [-0.39, 0.29) is 18.3 Å². The van der Waals surface area contributed by atoms with E-state index in [1.54, 1.807) is 16.8 Å². The molecule has 1 amide bonds. The van der Waals surface area contributed by atoms with E-state index >= 15 is 0 Å².